The summed E-state index contributed by atoms with van der Waals surface area (Å²) in [6.45, 7) is 9.27. The zero-order valence-corrected chi connectivity index (χ0v) is 16.7. The van der Waals surface area contributed by atoms with Crippen molar-refractivity contribution in [2.24, 2.45) is 15.9 Å². The molecule has 25 heavy (non-hydrogen) atoms. The summed E-state index contributed by atoms with van der Waals surface area (Å²) in [5, 5.41) is 2.45. The van der Waals surface area contributed by atoms with Gasteiger partial charge in [0.15, 0.2) is 0 Å². The predicted molar refractivity (Wildman–Crippen MR) is 114 cm³/mol. The van der Waals surface area contributed by atoms with Gasteiger partial charge in [-0.15, -0.1) is 12.6 Å². The lowest BCUT2D eigenvalue weighted by atomic mass is 10.1. The zero-order chi connectivity index (χ0) is 18.5. The maximum Gasteiger partial charge on any atom is 0.0758 e. The van der Waals surface area contributed by atoms with Crippen LogP contribution in [0, 0.1) is 5.92 Å². The van der Waals surface area contributed by atoms with Crippen LogP contribution in [0.3, 0.4) is 0 Å². The highest BCUT2D eigenvalue weighted by molar-refractivity contribution is 7.80. The Bertz CT molecular complexity index is 729. The van der Waals surface area contributed by atoms with Crippen LogP contribution in [0.15, 0.2) is 63.4 Å². The molecule has 0 spiro atoms. The summed E-state index contributed by atoms with van der Waals surface area (Å²) < 4.78 is 0. The van der Waals surface area contributed by atoms with Gasteiger partial charge in [-0.3, -0.25) is 9.98 Å². The normalized spacial score (nSPS) is 15.3. The second kappa shape index (κ2) is 12.5. The monoisotopic (exact) mass is 354 g/mol. The van der Waals surface area contributed by atoms with Crippen LogP contribution < -0.4 is 10.6 Å². The van der Waals surface area contributed by atoms with Crippen molar-refractivity contribution in [1.82, 2.24) is 0 Å². The minimum absolute atomic E-state index is 0.692. The van der Waals surface area contributed by atoms with Crippen molar-refractivity contribution >= 4 is 30.6 Å². The maximum absolute atomic E-state index is 4.54. The molecule has 134 valence electrons. The molecule has 2 aromatic rings. The minimum Gasteiger partial charge on any atom is -0.284 e. The molecule has 0 aliphatic carbocycles. The van der Waals surface area contributed by atoms with Crippen LogP contribution in [0.5, 0.6) is 0 Å². The van der Waals surface area contributed by atoms with E-state index in [-0.39, 0.29) is 0 Å². The Morgan fingerprint density at radius 3 is 2.52 bits per heavy atom. The van der Waals surface area contributed by atoms with E-state index >= 15 is 0 Å². The molecule has 2 aromatic carbocycles. The van der Waals surface area contributed by atoms with Gasteiger partial charge in [-0.25, -0.2) is 0 Å². The average Bonchev–Trinajstić information content (AvgIpc) is 2.85. The number of para-hydroxylation sites is 2. The fraction of sp³-hybridized carbons (Fsp3) is 0.364. The third-order valence-electron chi connectivity index (χ3n) is 3.54. The fourth-order valence-corrected chi connectivity index (χ4v) is 2.44. The highest BCUT2D eigenvalue weighted by atomic mass is 32.1. The molecule has 1 unspecified atom stereocenters. The smallest absolute Gasteiger partial charge is 0.0758 e. The molecule has 0 aromatic heterocycles. The van der Waals surface area contributed by atoms with E-state index in [1.807, 2.05) is 50.4 Å². The molecule has 3 heteroatoms. The molecule has 1 atom stereocenters. The Morgan fingerprint density at radius 1 is 1.12 bits per heavy atom. The number of benzene rings is 2. The number of hydrogen-bond acceptors (Lipinski definition) is 3. The van der Waals surface area contributed by atoms with Gasteiger partial charge in [0, 0.05) is 17.7 Å². The first-order chi connectivity index (χ1) is 12.2. The molecule has 0 saturated heterocycles. The van der Waals surface area contributed by atoms with E-state index in [0.717, 1.165) is 35.3 Å². The first-order valence-electron chi connectivity index (χ1n) is 9.11. The summed E-state index contributed by atoms with van der Waals surface area (Å²) in [7, 11) is 0. The van der Waals surface area contributed by atoms with Crippen LogP contribution in [0.2, 0.25) is 0 Å². The van der Waals surface area contributed by atoms with Crippen molar-refractivity contribution in [3.63, 3.8) is 0 Å². The Labute approximate surface area is 157 Å². The van der Waals surface area contributed by atoms with Gasteiger partial charge < -0.3 is 0 Å². The molecule has 0 saturated carbocycles. The standard InChI is InChI=1S/C11H13N.C9H11NS.C2H6/c1-9-6-7-10-4-2-3-5-11(10)12-8-9;1-2-7-10-8-5-3-4-6-9(8)11;1-2/h2-5,7,9H,6,8H2,1H3;3-7,11H,2H2,1H3;1-2H3. The molecule has 1 aliphatic rings. The zero-order valence-electron chi connectivity index (χ0n) is 15.8. The lowest BCUT2D eigenvalue weighted by Gasteiger charge is -1.99. The fourth-order valence-electron chi connectivity index (χ4n) is 2.22. The van der Waals surface area contributed by atoms with Crippen LogP contribution in [0.1, 0.15) is 40.5 Å². The van der Waals surface area contributed by atoms with Gasteiger partial charge in [-0.1, -0.05) is 64.1 Å². The highest BCUT2D eigenvalue weighted by Crippen LogP contribution is 2.21. The van der Waals surface area contributed by atoms with E-state index < -0.39 is 0 Å². The second-order valence-electron chi connectivity index (χ2n) is 5.65. The van der Waals surface area contributed by atoms with Crippen molar-refractivity contribution in [2.75, 3.05) is 6.54 Å². The van der Waals surface area contributed by atoms with Gasteiger partial charge in [0.05, 0.1) is 11.0 Å². The predicted octanol–water partition coefficient (Wildman–Crippen LogP) is 5.24. The minimum atomic E-state index is 0.692. The van der Waals surface area contributed by atoms with E-state index in [2.05, 4.69) is 60.7 Å². The largest absolute Gasteiger partial charge is 0.284 e. The Balaban J connectivity index is 0.000000229. The van der Waals surface area contributed by atoms with Gasteiger partial charge in [-0.2, -0.15) is 0 Å². The van der Waals surface area contributed by atoms with Crippen molar-refractivity contribution in [1.29, 1.82) is 0 Å². The summed E-state index contributed by atoms with van der Waals surface area (Å²) in [4.78, 5) is 9.69. The number of aliphatic imine (C=N–C) groups is 1. The van der Waals surface area contributed by atoms with Crippen molar-refractivity contribution in [3.8, 4) is 0 Å². The number of thiol groups is 1. The van der Waals surface area contributed by atoms with Crippen LogP contribution in [-0.2, 0) is 0 Å². The van der Waals surface area contributed by atoms with Gasteiger partial charge in [0.1, 0.15) is 0 Å². The number of fused-ring (bicyclic) bond motifs is 1. The average molecular weight is 355 g/mol. The molecule has 3 rings (SSSR count). The Kier molecular flexibility index (Phi) is 10.6. The lowest BCUT2D eigenvalue weighted by Crippen LogP contribution is -2.23. The van der Waals surface area contributed by atoms with Gasteiger partial charge in [0.25, 0.3) is 0 Å². The Morgan fingerprint density at radius 2 is 1.80 bits per heavy atom. The van der Waals surface area contributed by atoms with Gasteiger partial charge in [-0.05, 0) is 42.2 Å². The van der Waals surface area contributed by atoms with Crippen molar-refractivity contribution in [3.05, 3.63) is 59.1 Å². The molecule has 0 N–H and O–H groups in total. The number of hydrogen-bond donors (Lipinski definition) is 1. The summed E-state index contributed by atoms with van der Waals surface area (Å²) in [5.41, 5.74) is 0.942. The van der Waals surface area contributed by atoms with Gasteiger partial charge >= 0.3 is 0 Å². The van der Waals surface area contributed by atoms with E-state index in [1.54, 1.807) is 0 Å². The third-order valence-corrected chi connectivity index (χ3v) is 3.92. The quantitative estimate of drug-likeness (QED) is 0.563. The van der Waals surface area contributed by atoms with E-state index in [9.17, 15) is 0 Å². The Hall–Kier alpha value is -1.87. The van der Waals surface area contributed by atoms with E-state index in [1.165, 1.54) is 5.22 Å². The molecule has 0 radical (unpaired) electrons. The number of nitrogens with zero attached hydrogens (tertiary/aromatic N) is 2. The molecule has 1 heterocycles. The summed E-state index contributed by atoms with van der Waals surface area (Å²) in [5.74, 6) is 0.692. The molecule has 2 nitrogen and oxygen atoms in total. The third kappa shape index (κ3) is 7.70. The van der Waals surface area contributed by atoms with E-state index in [4.69, 9.17) is 0 Å². The summed E-state index contributed by atoms with van der Waals surface area (Å²) in [6.07, 6.45) is 6.29. The topological polar surface area (TPSA) is 24.7 Å². The van der Waals surface area contributed by atoms with Crippen LogP contribution in [0.4, 0.5) is 5.69 Å². The van der Waals surface area contributed by atoms with Crippen LogP contribution >= 0.6 is 12.6 Å². The molecule has 0 bridgehead atoms. The maximum atomic E-state index is 4.54. The second-order valence-corrected chi connectivity index (χ2v) is 6.13. The molecule has 0 fully saturated rings. The van der Waals surface area contributed by atoms with E-state index in [0.29, 0.717) is 5.92 Å². The van der Waals surface area contributed by atoms with Crippen molar-refractivity contribution in [2.45, 2.75) is 45.4 Å². The molecule has 1 aliphatic heterocycles. The SMILES string of the molecule is CC.CC1CC=c2ccccc2=NC1.CCC=Nc1ccccc1S. The summed E-state index contributed by atoms with van der Waals surface area (Å²) >= 11 is 4.26. The first-order valence-corrected chi connectivity index (χ1v) is 9.55. The first kappa shape index (κ1) is 21.2. The molecule has 0 amide bonds. The highest BCUT2D eigenvalue weighted by Gasteiger charge is 2.00. The summed E-state index contributed by atoms with van der Waals surface area (Å²) in [6, 6.07) is 16.1. The van der Waals surface area contributed by atoms with Crippen LogP contribution in [-0.4, -0.2) is 12.8 Å². The molecular formula is C22H30N2S. The molecular weight excluding hydrogens is 324 g/mol. The van der Waals surface area contributed by atoms with Crippen LogP contribution in [0.25, 0.3) is 6.08 Å². The number of rotatable bonds is 2. The van der Waals surface area contributed by atoms with Gasteiger partial charge in [0.2, 0.25) is 0 Å². The van der Waals surface area contributed by atoms with Crippen molar-refractivity contribution < 1.29 is 0 Å². The lowest BCUT2D eigenvalue weighted by molar-refractivity contribution is 0.619.